The number of nitrogens with zero attached hydrogens (tertiary/aromatic N) is 1. The van der Waals surface area contributed by atoms with Gasteiger partial charge in [0.1, 0.15) is 5.82 Å². The molecule has 21 heavy (non-hydrogen) atoms. The molecule has 1 aliphatic rings. The van der Waals surface area contributed by atoms with Crippen LogP contribution in [0.2, 0.25) is 0 Å². The molecule has 0 atom stereocenters. The Balaban J connectivity index is 2.14. The first-order valence-corrected chi connectivity index (χ1v) is 7.66. The summed E-state index contributed by atoms with van der Waals surface area (Å²) in [6.07, 6.45) is 4.34. The van der Waals surface area contributed by atoms with Gasteiger partial charge in [0.2, 0.25) is 0 Å². The van der Waals surface area contributed by atoms with Crippen LogP contribution in [0, 0.1) is 0 Å². The molecule has 0 spiro atoms. The molecule has 1 aliphatic carbocycles. The third kappa shape index (κ3) is 2.44. The van der Waals surface area contributed by atoms with Gasteiger partial charge in [-0.2, -0.15) is 0 Å². The molecule has 0 unspecified atom stereocenters. The van der Waals surface area contributed by atoms with E-state index in [9.17, 15) is 0 Å². The maximum absolute atomic E-state index is 5.68. The van der Waals surface area contributed by atoms with E-state index in [0.717, 1.165) is 5.56 Å². The molecule has 2 heteroatoms. The second kappa shape index (κ2) is 4.59. The maximum Gasteiger partial charge on any atom is 0.123 e. The number of rotatable bonds is 1. The molecular weight excluding hydrogens is 256 g/mol. The summed E-state index contributed by atoms with van der Waals surface area (Å²) in [6, 6.07) is 10.8. The monoisotopic (exact) mass is 280 g/mol. The van der Waals surface area contributed by atoms with Gasteiger partial charge in [-0.05, 0) is 52.5 Å². The zero-order valence-electron chi connectivity index (χ0n) is 13.4. The fourth-order valence-corrected chi connectivity index (χ4v) is 3.34. The molecular formula is C19H24N2. The molecule has 110 valence electrons. The van der Waals surface area contributed by atoms with Crippen molar-refractivity contribution < 1.29 is 0 Å². The third-order valence-corrected chi connectivity index (χ3v) is 4.97. The first-order chi connectivity index (χ1) is 9.79. The maximum atomic E-state index is 5.68. The molecule has 1 aromatic carbocycles. The van der Waals surface area contributed by atoms with Crippen molar-refractivity contribution in [1.29, 1.82) is 0 Å². The SMILES string of the molecule is CC1(C)CCC(C)(C)c2cc(-c3ccc(N)nc3)ccc21. The predicted octanol–water partition coefficient (Wildman–Crippen LogP) is 4.68. The molecule has 0 aliphatic heterocycles. The highest BCUT2D eigenvalue weighted by atomic mass is 14.8. The second-order valence-electron chi connectivity index (χ2n) is 7.50. The Kier molecular flexibility index (Phi) is 3.09. The van der Waals surface area contributed by atoms with Gasteiger partial charge in [0.25, 0.3) is 0 Å². The number of nitrogen functional groups attached to an aromatic ring is 1. The van der Waals surface area contributed by atoms with E-state index < -0.39 is 0 Å². The van der Waals surface area contributed by atoms with Gasteiger partial charge in [0, 0.05) is 11.8 Å². The molecule has 0 bridgehead atoms. The minimum absolute atomic E-state index is 0.238. The quantitative estimate of drug-likeness (QED) is 0.823. The summed E-state index contributed by atoms with van der Waals surface area (Å²) in [5, 5.41) is 0. The Hall–Kier alpha value is -1.83. The van der Waals surface area contributed by atoms with E-state index >= 15 is 0 Å². The fourth-order valence-electron chi connectivity index (χ4n) is 3.34. The molecule has 2 nitrogen and oxygen atoms in total. The molecule has 1 heterocycles. The lowest BCUT2D eigenvalue weighted by Gasteiger charge is -2.42. The lowest BCUT2D eigenvalue weighted by atomic mass is 9.63. The van der Waals surface area contributed by atoms with Gasteiger partial charge in [0.15, 0.2) is 0 Å². The van der Waals surface area contributed by atoms with Crippen LogP contribution in [0.1, 0.15) is 51.7 Å². The molecule has 1 aromatic heterocycles. The van der Waals surface area contributed by atoms with Crippen LogP contribution >= 0.6 is 0 Å². The summed E-state index contributed by atoms with van der Waals surface area (Å²) in [5.41, 5.74) is 11.5. The summed E-state index contributed by atoms with van der Waals surface area (Å²) in [5.74, 6) is 0.568. The number of aromatic nitrogens is 1. The molecule has 0 fully saturated rings. The van der Waals surface area contributed by atoms with E-state index in [1.165, 1.54) is 29.5 Å². The summed E-state index contributed by atoms with van der Waals surface area (Å²) in [4.78, 5) is 4.21. The number of anilines is 1. The van der Waals surface area contributed by atoms with E-state index in [2.05, 4.69) is 50.9 Å². The number of fused-ring (bicyclic) bond motifs is 1. The lowest BCUT2D eigenvalue weighted by Crippen LogP contribution is -2.33. The molecule has 3 rings (SSSR count). The van der Waals surface area contributed by atoms with Crippen LogP contribution in [0.4, 0.5) is 5.82 Å². The van der Waals surface area contributed by atoms with Crippen LogP contribution in [0.5, 0.6) is 0 Å². The molecule has 0 radical (unpaired) electrons. The van der Waals surface area contributed by atoms with Gasteiger partial charge in [-0.3, -0.25) is 0 Å². The summed E-state index contributed by atoms with van der Waals surface area (Å²) in [6.45, 7) is 9.41. The minimum Gasteiger partial charge on any atom is -0.384 e. The first kappa shape index (κ1) is 14.1. The zero-order chi connectivity index (χ0) is 15.3. The van der Waals surface area contributed by atoms with Crippen LogP contribution in [0.3, 0.4) is 0 Å². The van der Waals surface area contributed by atoms with E-state index in [-0.39, 0.29) is 10.8 Å². The molecule has 2 N–H and O–H groups in total. The van der Waals surface area contributed by atoms with Crippen molar-refractivity contribution in [3.8, 4) is 11.1 Å². The Morgan fingerprint density at radius 3 is 2.10 bits per heavy atom. The summed E-state index contributed by atoms with van der Waals surface area (Å²) in [7, 11) is 0. The van der Waals surface area contributed by atoms with Gasteiger partial charge >= 0.3 is 0 Å². The molecule has 0 saturated heterocycles. The van der Waals surface area contributed by atoms with Crippen molar-refractivity contribution in [2.24, 2.45) is 0 Å². The first-order valence-electron chi connectivity index (χ1n) is 7.66. The largest absolute Gasteiger partial charge is 0.384 e. The minimum atomic E-state index is 0.238. The highest BCUT2D eigenvalue weighted by molar-refractivity contribution is 5.66. The van der Waals surface area contributed by atoms with E-state index in [4.69, 9.17) is 5.73 Å². The van der Waals surface area contributed by atoms with Crippen LogP contribution in [0.15, 0.2) is 36.5 Å². The normalized spacial score (nSPS) is 19.0. The Morgan fingerprint density at radius 1 is 0.857 bits per heavy atom. The van der Waals surface area contributed by atoms with Crippen molar-refractivity contribution >= 4 is 5.82 Å². The van der Waals surface area contributed by atoms with E-state index in [1.807, 2.05) is 18.3 Å². The second-order valence-corrected chi connectivity index (χ2v) is 7.50. The van der Waals surface area contributed by atoms with Crippen molar-refractivity contribution in [2.45, 2.75) is 51.4 Å². The standard InChI is InChI=1S/C19H24N2/c1-18(2)9-10-19(3,4)16-11-13(5-7-15(16)18)14-6-8-17(20)21-12-14/h5-8,11-12H,9-10H2,1-4H3,(H2,20,21). The Morgan fingerprint density at radius 2 is 1.48 bits per heavy atom. The average molecular weight is 280 g/mol. The van der Waals surface area contributed by atoms with Crippen LogP contribution in [-0.4, -0.2) is 4.98 Å². The highest BCUT2D eigenvalue weighted by Crippen LogP contribution is 2.46. The van der Waals surface area contributed by atoms with Crippen molar-refractivity contribution in [1.82, 2.24) is 4.98 Å². The van der Waals surface area contributed by atoms with Crippen LogP contribution in [0.25, 0.3) is 11.1 Å². The van der Waals surface area contributed by atoms with Crippen molar-refractivity contribution in [3.63, 3.8) is 0 Å². The van der Waals surface area contributed by atoms with Gasteiger partial charge in [-0.15, -0.1) is 0 Å². The number of nitrogens with two attached hydrogens (primary N) is 1. The predicted molar refractivity (Wildman–Crippen MR) is 89.4 cm³/mol. The Labute approximate surface area is 127 Å². The third-order valence-electron chi connectivity index (χ3n) is 4.97. The van der Waals surface area contributed by atoms with Crippen LogP contribution < -0.4 is 5.73 Å². The number of pyridine rings is 1. The molecule has 0 saturated carbocycles. The highest BCUT2D eigenvalue weighted by Gasteiger charge is 2.36. The van der Waals surface area contributed by atoms with Crippen molar-refractivity contribution in [2.75, 3.05) is 5.73 Å². The molecule has 2 aromatic rings. The van der Waals surface area contributed by atoms with Gasteiger partial charge in [0.05, 0.1) is 0 Å². The molecule has 0 amide bonds. The lowest BCUT2D eigenvalue weighted by molar-refractivity contribution is 0.332. The number of hydrogen-bond acceptors (Lipinski definition) is 2. The van der Waals surface area contributed by atoms with Crippen LogP contribution in [-0.2, 0) is 10.8 Å². The summed E-state index contributed by atoms with van der Waals surface area (Å²) >= 11 is 0. The number of benzene rings is 1. The summed E-state index contributed by atoms with van der Waals surface area (Å²) < 4.78 is 0. The van der Waals surface area contributed by atoms with Gasteiger partial charge < -0.3 is 5.73 Å². The van der Waals surface area contributed by atoms with Gasteiger partial charge in [-0.25, -0.2) is 4.98 Å². The fraction of sp³-hybridized carbons (Fsp3) is 0.421. The zero-order valence-corrected chi connectivity index (χ0v) is 13.4. The van der Waals surface area contributed by atoms with Gasteiger partial charge in [-0.1, -0.05) is 45.9 Å². The van der Waals surface area contributed by atoms with Crippen molar-refractivity contribution in [3.05, 3.63) is 47.7 Å². The van der Waals surface area contributed by atoms with E-state index in [1.54, 1.807) is 0 Å². The smallest absolute Gasteiger partial charge is 0.123 e. The van der Waals surface area contributed by atoms with E-state index in [0.29, 0.717) is 5.82 Å². The topological polar surface area (TPSA) is 38.9 Å². The Bertz CT molecular complexity index is 666. The number of hydrogen-bond donors (Lipinski definition) is 1. The average Bonchev–Trinajstić information content (AvgIpc) is 2.45.